The van der Waals surface area contributed by atoms with E-state index >= 15 is 0 Å². The summed E-state index contributed by atoms with van der Waals surface area (Å²) in [4.78, 5) is 37.3. The van der Waals surface area contributed by atoms with Gasteiger partial charge in [-0.15, -0.1) is 0 Å². The molecule has 0 saturated heterocycles. The van der Waals surface area contributed by atoms with E-state index < -0.39 is 16.7 Å². The number of nitro groups is 1. The van der Waals surface area contributed by atoms with E-state index in [1.807, 2.05) is 12.1 Å². The second-order valence-corrected chi connectivity index (χ2v) is 6.08. The molecule has 1 N–H and O–H groups in total. The molecule has 0 saturated carbocycles. The maximum Gasteiger partial charge on any atom is 0.433 e. The van der Waals surface area contributed by atoms with Gasteiger partial charge >= 0.3 is 5.88 Å². The smallest absolute Gasteiger partial charge is 0.395 e. The third-order valence-electron chi connectivity index (χ3n) is 3.12. The van der Waals surface area contributed by atoms with E-state index in [-0.39, 0.29) is 11.5 Å². The Hall–Kier alpha value is -3.07. The summed E-state index contributed by atoms with van der Waals surface area (Å²) in [5.41, 5.74) is 1.56. The molecule has 0 unspecified atom stereocenters. The highest BCUT2D eigenvalue weighted by atomic mass is 32.1. The zero-order valence-electron chi connectivity index (χ0n) is 12.4. The molecule has 0 fully saturated rings. The topological polar surface area (TPSA) is 115 Å². The molecule has 0 bridgehead atoms. The summed E-state index contributed by atoms with van der Waals surface area (Å²) in [6.07, 6.45) is 0.339. The van der Waals surface area contributed by atoms with Crippen LogP contribution in [0.4, 0.5) is 11.0 Å². The summed E-state index contributed by atoms with van der Waals surface area (Å²) in [5, 5.41) is 13.5. The molecule has 3 rings (SSSR count). The van der Waals surface area contributed by atoms with Crippen molar-refractivity contribution < 1.29 is 18.9 Å². The van der Waals surface area contributed by atoms with E-state index in [9.17, 15) is 19.7 Å². The van der Waals surface area contributed by atoms with Crippen LogP contribution in [0.25, 0.3) is 10.2 Å². The Kier molecular flexibility index (Phi) is 4.09. The van der Waals surface area contributed by atoms with Gasteiger partial charge in [-0.2, -0.15) is 0 Å². The standard InChI is InChI=1S/C15H11N3O5S/c1-8(19)6-9-2-3-10-12(7-9)24-15(16-10)17-14(20)11-4-5-13(23-11)18(21)22/h2-5,7H,6H2,1H3,(H,16,17,20). The molecule has 0 spiro atoms. The van der Waals surface area contributed by atoms with Gasteiger partial charge in [-0.1, -0.05) is 17.4 Å². The van der Waals surface area contributed by atoms with Gasteiger partial charge in [0.15, 0.2) is 10.9 Å². The summed E-state index contributed by atoms with van der Waals surface area (Å²) in [5.74, 6) is -1.23. The van der Waals surface area contributed by atoms with E-state index in [1.165, 1.54) is 24.3 Å². The Balaban J connectivity index is 1.80. The summed E-state index contributed by atoms with van der Waals surface area (Å²) >= 11 is 1.24. The molecule has 2 heterocycles. The van der Waals surface area contributed by atoms with Crippen LogP contribution in [0.2, 0.25) is 0 Å². The quantitative estimate of drug-likeness (QED) is 0.561. The number of ketones is 1. The fourth-order valence-electron chi connectivity index (χ4n) is 2.13. The van der Waals surface area contributed by atoms with Crippen molar-refractivity contribution in [3.8, 4) is 0 Å². The number of carbonyl (C=O) groups is 2. The van der Waals surface area contributed by atoms with Gasteiger partial charge in [0.2, 0.25) is 0 Å². The molecule has 8 nitrogen and oxygen atoms in total. The van der Waals surface area contributed by atoms with Crippen molar-refractivity contribution in [2.75, 3.05) is 5.32 Å². The number of fused-ring (bicyclic) bond motifs is 1. The van der Waals surface area contributed by atoms with Crippen LogP contribution in [0.5, 0.6) is 0 Å². The zero-order chi connectivity index (χ0) is 17.3. The number of hydrogen-bond donors (Lipinski definition) is 1. The van der Waals surface area contributed by atoms with Gasteiger partial charge in [-0.3, -0.25) is 25.0 Å². The number of nitrogens with zero attached hydrogens (tertiary/aromatic N) is 2. The monoisotopic (exact) mass is 345 g/mol. The van der Waals surface area contributed by atoms with Gasteiger partial charge < -0.3 is 4.42 Å². The lowest BCUT2D eigenvalue weighted by atomic mass is 10.1. The first-order valence-electron chi connectivity index (χ1n) is 6.87. The number of aromatic nitrogens is 1. The van der Waals surface area contributed by atoms with Crippen molar-refractivity contribution in [3.05, 3.63) is 51.8 Å². The maximum atomic E-state index is 12.0. The van der Waals surface area contributed by atoms with Gasteiger partial charge in [-0.25, -0.2) is 4.98 Å². The van der Waals surface area contributed by atoms with Crippen LogP contribution in [-0.4, -0.2) is 21.6 Å². The highest BCUT2D eigenvalue weighted by Crippen LogP contribution is 2.27. The van der Waals surface area contributed by atoms with Crippen molar-refractivity contribution in [2.45, 2.75) is 13.3 Å². The van der Waals surface area contributed by atoms with Gasteiger partial charge in [0.05, 0.1) is 16.3 Å². The molecule has 3 aromatic rings. The van der Waals surface area contributed by atoms with Gasteiger partial charge in [0.1, 0.15) is 10.7 Å². The molecular formula is C15H11N3O5S. The van der Waals surface area contributed by atoms with Crippen LogP contribution in [0.1, 0.15) is 23.0 Å². The van der Waals surface area contributed by atoms with Crippen LogP contribution in [-0.2, 0) is 11.2 Å². The third kappa shape index (κ3) is 3.30. The Morgan fingerprint density at radius 3 is 2.79 bits per heavy atom. The first-order chi connectivity index (χ1) is 11.4. The molecule has 0 radical (unpaired) electrons. The van der Waals surface area contributed by atoms with Crippen molar-refractivity contribution in [1.82, 2.24) is 4.98 Å². The van der Waals surface area contributed by atoms with Crippen molar-refractivity contribution >= 4 is 44.3 Å². The number of carbonyl (C=O) groups excluding carboxylic acids is 2. The van der Waals surface area contributed by atoms with E-state index in [0.29, 0.717) is 17.1 Å². The van der Waals surface area contributed by atoms with Crippen LogP contribution in [0.3, 0.4) is 0 Å². The number of rotatable bonds is 5. The number of hydrogen-bond acceptors (Lipinski definition) is 7. The fourth-order valence-corrected chi connectivity index (χ4v) is 3.05. The molecule has 2 aromatic heterocycles. The summed E-state index contributed by atoms with van der Waals surface area (Å²) in [6.45, 7) is 1.52. The summed E-state index contributed by atoms with van der Waals surface area (Å²) in [6, 6.07) is 7.78. The number of nitrogens with one attached hydrogen (secondary N) is 1. The Labute approximate surface area is 139 Å². The maximum absolute atomic E-state index is 12.0. The van der Waals surface area contributed by atoms with E-state index in [1.54, 1.807) is 6.07 Å². The predicted octanol–water partition coefficient (Wildman–Crippen LogP) is 3.18. The molecule has 24 heavy (non-hydrogen) atoms. The molecule has 122 valence electrons. The van der Waals surface area contributed by atoms with Crippen molar-refractivity contribution in [2.24, 2.45) is 0 Å². The van der Waals surface area contributed by atoms with Gasteiger partial charge in [0, 0.05) is 6.42 Å². The predicted molar refractivity (Wildman–Crippen MR) is 87.3 cm³/mol. The van der Waals surface area contributed by atoms with Crippen LogP contribution >= 0.6 is 11.3 Å². The minimum Gasteiger partial charge on any atom is -0.395 e. The van der Waals surface area contributed by atoms with Crippen molar-refractivity contribution in [3.63, 3.8) is 0 Å². The first-order valence-corrected chi connectivity index (χ1v) is 7.68. The Bertz CT molecular complexity index is 959. The third-order valence-corrected chi connectivity index (χ3v) is 4.06. The molecule has 1 amide bonds. The lowest BCUT2D eigenvalue weighted by Gasteiger charge is -1.96. The minimum atomic E-state index is -0.717. The molecule has 0 atom stereocenters. The SMILES string of the molecule is CC(=O)Cc1ccc2nc(NC(=O)c3ccc([N+](=O)[O-])o3)sc2c1. The van der Waals surface area contributed by atoms with Crippen molar-refractivity contribution in [1.29, 1.82) is 0 Å². The normalized spacial score (nSPS) is 10.7. The lowest BCUT2D eigenvalue weighted by molar-refractivity contribution is -0.402. The minimum absolute atomic E-state index is 0.0619. The number of thiazole rings is 1. The van der Waals surface area contributed by atoms with Crippen LogP contribution < -0.4 is 5.32 Å². The molecule has 9 heteroatoms. The number of furan rings is 1. The molecule has 1 aromatic carbocycles. The lowest BCUT2D eigenvalue weighted by Crippen LogP contribution is -2.10. The largest absolute Gasteiger partial charge is 0.433 e. The first kappa shape index (κ1) is 15.8. The summed E-state index contributed by atoms with van der Waals surface area (Å²) < 4.78 is 5.67. The Morgan fingerprint density at radius 2 is 2.12 bits per heavy atom. The summed E-state index contributed by atoms with van der Waals surface area (Å²) in [7, 11) is 0. The highest BCUT2D eigenvalue weighted by Gasteiger charge is 2.18. The molecule has 0 aliphatic heterocycles. The van der Waals surface area contributed by atoms with E-state index in [0.717, 1.165) is 16.3 Å². The number of benzene rings is 1. The van der Waals surface area contributed by atoms with Gasteiger partial charge in [-0.05, 0) is 30.7 Å². The molecular weight excluding hydrogens is 334 g/mol. The molecule has 0 aliphatic rings. The molecule has 0 aliphatic carbocycles. The highest BCUT2D eigenvalue weighted by molar-refractivity contribution is 7.22. The van der Waals surface area contributed by atoms with E-state index in [4.69, 9.17) is 4.42 Å². The van der Waals surface area contributed by atoms with E-state index in [2.05, 4.69) is 10.3 Å². The number of amides is 1. The number of Topliss-reactive ketones (excluding diaryl/α,β-unsaturated/α-hetero) is 1. The zero-order valence-corrected chi connectivity index (χ0v) is 13.3. The Morgan fingerprint density at radius 1 is 1.33 bits per heavy atom. The average Bonchev–Trinajstić information content (AvgIpc) is 3.12. The average molecular weight is 345 g/mol. The number of anilines is 1. The van der Waals surface area contributed by atoms with Crippen LogP contribution in [0.15, 0.2) is 34.7 Å². The second kappa shape index (κ2) is 6.20. The van der Waals surface area contributed by atoms with Crippen LogP contribution in [0, 0.1) is 10.1 Å². The fraction of sp³-hybridized carbons (Fsp3) is 0.133. The van der Waals surface area contributed by atoms with Gasteiger partial charge in [0.25, 0.3) is 5.91 Å². The second-order valence-electron chi connectivity index (χ2n) is 5.05.